The van der Waals surface area contributed by atoms with E-state index >= 15 is 0 Å². The van der Waals surface area contributed by atoms with Crippen molar-refractivity contribution < 1.29 is 18.7 Å². The summed E-state index contributed by atoms with van der Waals surface area (Å²) >= 11 is 1.38. The van der Waals surface area contributed by atoms with Crippen molar-refractivity contribution in [2.45, 2.75) is 19.8 Å². The molecular formula is C19H22FN3O3S. The molecule has 0 unspecified atom stereocenters. The van der Waals surface area contributed by atoms with Gasteiger partial charge in [0.05, 0.1) is 12.3 Å². The first-order valence-corrected chi connectivity index (χ1v) is 9.85. The second kappa shape index (κ2) is 8.94. The van der Waals surface area contributed by atoms with Crippen LogP contribution < -0.4 is 0 Å². The minimum absolute atomic E-state index is 0.0407. The molecule has 0 radical (unpaired) electrons. The zero-order valence-electron chi connectivity index (χ0n) is 15.2. The molecule has 1 aromatic heterocycles. The van der Waals surface area contributed by atoms with Crippen LogP contribution >= 0.6 is 11.3 Å². The van der Waals surface area contributed by atoms with Crippen molar-refractivity contribution in [3.63, 3.8) is 0 Å². The lowest BCUT2D eigenvalue weighted by molar-refractivity contribution is -0.132. The molecule has 1 saturated heterocycles. The molecule has 2 aromatic rings. The number of thiazole rings is 1. The Hall–Kier alpha value is -2.48. The fraction of sp³-hybridized carbons (Fsp3) is 0.421. The third kappa shape index (κ3) is 4.82. The lowest BCUT2D eigenvalue weighted by Gasteiger charge is -2.34. The van der Waals surface area contributed by atoms with Gasteiger partial charge in [0, 0.05) is 43.5 Å². The van der Waals surface area contributed by atoms with Gasteiger partial charge < -0.3 is 14.5 Å². The fourth-order valence-electron chi connectivity index (χ4n) is 2.93. The van der Waals surface area contributed by atoms with Gasteiger partial charge in [0.25, 0.3) is 0 Å². The Morgan fingerprint density at radius 3 is 2.59 bits per heavy atom. The molecule has 0 aliphatic carbocycles. The number of ether oxygens (including phenoxy) is 1. The van der Waals surface area contributed by atoms with Gasteiger partial charge in [-0.15, -0.1) is 11.3 Å². The summed E-state index contributed by atoms with van der Waals surface area (Å²) in [6.45, 7) is 4.11. The van der Waals surface area contributed by atoms with Crippen molar-refractivity contribution in [1.29, 1.82) is 0 Å². The predicted octanol–water partition coefficient (Wildman–Crippen LogP) is 3.18. The molecule has 1 aliphatic heterocycles. The third-order valence-electron chi connectivity index (χ3n) is 4.41. The molecule has 0 N–H and O–H groups in total. The van der Waals surface area contributed by atoms with Crippen LogP contribution in [0.4, 0.5) is 9.18 Å². The fourth-order valence-corrected chi connectivity index (χ4v) is 3.81. The van der Waals surface area contributed by atoms with Crippen molar-refractivity contribution in [2.75, 3.05) is 32.8 Å². The second-order valence-electron chi connectivity index (χ2n) is 6.19. The van der Waals surface area contributed by atoms with Crippen LogP contribution in [0.15, 0.2) is 29.6 Å². The Morgan fingerprint density at radius 1 is 1.19 bits per heavy atom. The van der Waals surface area contributed by atoms with Crippen LogP contribution in [0.5, 0.6) is 0 Å². The lowest BCUT2D eigenvalue weighted by Crippen LogP contribution is -2.50. The number of rotatable bonds is 5. The molecule has 3 rings (SSSR count). The molecule has 2 amide bonds. The Balaban J connectivity index is 1.49. The number of benzene rings is 1. The summed E-state index contributed by atoms with van der Waals surface area (Å²) in [4.78, 5) is 31.9. The monoisotopic (exact) mass is 391 g/mol. The maximum atomic E-state index is 13.8. The maximum Gasteiger partial charge on any atom is 0.409 e. The molecule has 144 valence electrons. The highest BCUT2D eigenvalue weighted by atomic mass is 32.1. The first-order valence-electron chi connectivity index (χ1n) is 8.97. The van der Waals surface area contributed by atoms with Crippen LogP contribution in [0.25, 0.3) is 10.6 Å². The summed E-state index contributed by atoms with van der Waals surface area (Å²) in [5.74, 6) is -0.257. The Bertz CT molecular complexity index is 803. The summed E-state index contributed by atoms with van der Waals surface area (Å²) in [7, 11) is 0. The van der Waals surface area contributed by atoms with Crippen LogP contribution in [-0.4, -0.2) is 59.6 Å². The van der Waals surface area contributed by atoms with E-state index in [2.05, 4.69) is 4.98 Å². The SMILES string of the molecule is CCOC(=O)N1CCN(C(=O)CCc2csc(-c3ccccc3F)n2)CC1. The van der Waals surface area contributed by atoms with Gasteiger partial charge in [-0.25, -0.2) is 14.2 Å². The normalized spacial score (nSPS) is 14.3. The van der Waals surface area contributed by atoms with Gasteiger partial charge in [-0.3, -0.25) is 4.79 Å². The molecule has 0 bridgehead atoms. The highest BCUT2D eigenvalue weighted by Gasteiger charge is 2.24. The third-order valence-corrected chi connectivity index (χ3v) is 5.33. The number of hydrogen-bond donors (Lipinski definition) is 0. The van der Waals surface area contributed by atoms with E-state index in [0.29, 0.717) is 56.2 Å². The maximum absolute atomic E-state index is 13.8. The van der Waals surface area contributed by atoms with E-state index in [1.807, 2.05) is 5.38 Å². The molecule has 0 spiro atoms. The van der Waals surface area contributed by atoms with E-state index < -0.39 is 0 Å². The number of aryl methyl sites for hydroxylation is 1. The van der Waals surface area contributed by atoms with Crippen molar-refractivity contribution in [2.24, 2.45) is 0 Å². The molecule has 0 atom stereocenters. The van der Waals surface area contributed by atoms with E-state index in [1.54, 1.807) is 34.9 Å². The van der Waals surface area contributed by atoms with Gasteiger partial charge >= 0.3 is 6.09 Å². The number of nitrogens with zero attached hydrogens (tertiary/aromatic N) is 3. The van der Waals surface area contributed by atoms with Crippen molar-refractivity contribution in [1.82, 2.24) is 14.8 Å². The molecular weight excluding hydrogens is 369 g/mol. The number of carbonyl (C=O) groups is 2. The first kappa shape index (κ1) is 19.3. The van der Waals surface area contributed by atoms with Gasteiger partial charge in [0.1, 0.15) is 10.8 Å². The zero-order valence-corrected chi connectivity index (χ0v) is 16.0. The number of halogens is 1. The first-order chi connectivity index (χ1) is 13.1. The zero-order chi connectivity index (χ0) is 19.2. The average molecular weight is 391 g/mol. The smallest absolute Gasteiger partial charge is 0.409 e. The van der Waals surface area contributed by atoms with Crippen LogP contribution in [-0.2, 0) is 16.0 Å². The quantitative estimate of drug-likeness (QED) is 0.785. The number of carbonyl (C=O) groups excluding carboxylic acids is 2. The Kier molecular flexibility index (Phi) is 6.39. The van der Waals surface area contributed by atoms with E-state index in [-0.39, 0.29) is 17.8 Å². The van der Waals surface area contributed by atoms with Crippen molar-refractivity contribution in [3.8, 4) is 10.6 Å². The van der Waals surface area contributed by atoms with E-state index in [0.717, 1.165) is 5.69 Å². The molecule has 1 fully saturated rings. The largest absolute Gasteiger partial charge is 0.450 e. The Morgan fingerprint density at radius 2 is 1.89 bits per heavy atom. The van der Waals surface area contributed by atoms with Crippen LogP contribution in [0, 0.1) is 5.82 Å². The van der Waals surface area contributed by atoms with Gasteiger partial charge in [-0.1, -0.05) is 12.1 Å². The topological polar surface area (TPSA) is 62.7 Å². The van der Waals surface area contributed by atoms with Crippen LogP contribution in [0.2, 0.25) is 0 Å². The van der Waals surface area contributed by atoms with E-state index in [4.69, 9.17) is 4.74 Å². The van der Waals surface area contributed by atoms with E-state index in [9.17, 15) is 14.0 Å². The minimum Gasteiger partial charge on any atom is -0.450 e. The molecule has 2 heterocycles. The molecule has 27 heavy (non-hydrogen) atoms. The number of aromatic nitrogens is 1. The molecule has 8 heteroatoms. The van der Waals surface area contributed by atoms with Gasteiger partial charge in [-0.05, 0) is 25.5 Å². The van der Waals surface area contributed by atoms with Gasteiger partial charge in [0.15, 0.2) is 0 Å². The second-order valence-corrected chi connectivity index (χ2v) is 7.05. The van der Waals surface area contributed by atoms with Gasteiger partial charge in [-0.2, -0.15) is 0 Å². The summed E-state index contributed by atoms with van der Waals surface area (Å²) in [6.07, 6.45) is 0.537. The summed E-state index contributed by atoms with van der Waals surface area (Å²) in [5.41, 5.74) is 1.27. The minimum atomic E-state index is -0.326. The summed E-state index contributed by atoms with van der Waals surface area (Å²) in [6, 6.07) is 6.54. The number of hydrogen-bond acceptors (Lipinski definition) is 5. The summed E-state index contributed by atoms with van der Waals surface area (Å²) in [5, 5.41) is 2.49. The molecule has 0 saturated carbocycles. The predicted molar refractivity (Wildman–Crippen MR) is 101 cm³/mol. The lowest BCUT2D eigenvalue weighted by atomic mass is 10.2. The van der Waals surface area contributed by atoms with Crippen molar-refractivity contribution >= 4 is 23.3 Å². The molecule has 1 aliphatic rings. The number of piperazine rings is 1. The van der Waals surface area contributed by atoms with Gasteiger partial charge in [0.2, 0.25) is 5.91 Å². The number of amides is 2. The summed E-state index contributed by atoms with van der Waals surface area (Å²) < 4.78 is 18.8. The van der Waals surface area contributed by atoms with E-state index in [1.165, 1.54) is 17.4 Å². The van der Waals surface area contributed by atoms with Crippen molar-refractivity contribution in [3.05, 3.63) is 41.2 Å². The van der Waals surface area contributed by atoms with Crippen LogP contribution in [0.3, 0.4) is 0 Å². The highest BCUT2D eigenvalue weighted by Crippen LogP contribution is 2.26. The highest BCUT2D eigenvalue weighted by molar-refractivity contribution is 7.13. The molecule has 1 aromatic carbocycles. The standard InChI is InChI=1S/C19H22FN3O3S/c1-2-26-19(25)23-11-9-22(10-12-23)17(24)8-7-14-13-27-18(21-14)15-5-3-4-6-16(15)20/h3-6,13H,2,7-12H2,1H3. The molecule has 6 nitrogen and oxygen atoms in total. The van der Waals surface area contributed by atoms with Crippen LogP contribution in [0.1, 0.15) is 19.0 Å². The average Bonchev–Trinajstić information content (AvgIpc) is 3.15. The Labute approximate surface area is 161 Å².